The third-order valence-electron chi connectivity index (χ3n) is 2.89. The van der Waals surface area contributed by atoms with Gasteiger partial charge in [0.2, 0.25) is 0 Å². The maximum atomic E-state index is 13.7. The third-order valence-corrected chi connectivity index (χ3v) is 2.89. The van der Waals surface area contributed by atoms with Crippen molar-refractivity contribution >= 4 is 5.97 Å². The van der Waals surface area contributed by atoms with Crippen LogP contribution in [-0.2, 0) is 9.53 Å². The van der Waals surface area contributed by atoms with Gasteiger partial charge in [0, 0.05) is 5.57 Å². The van der Waals surface area contributed by atoms with Crippen LogP contribution in [0.15, 0.2) is 12.2 Å². The predicted molar refractivity (Wildman–Crippen MR) is 56.6 cm³/mol. The number of hydrogen-bond acceptors (Lipinski definition) is 2. The molecule has 0 aromatic rings. The van der Waals surface area contributed by atoms with Crippen molar-refractivity contribution in [3.63, 3.8) is 0 Å². The van der Waals surface area contributed by atoms with Gasteiger partial charge in [-0.15, -0.1) is 0 Å². The Morgan fingerprint density at radius 1 is 0.607 bits per heavy atom. The van der Waals surface area contributed by atoms with E-state index in [9.17, 15) is 70.7 Å². The normalized spacial score (nSPS) is 17.1. The molecule has 0 aliphatic heterocycles. The van der Waals surface area contributed by atoms with Crippen molar-refractivity contribution in [3.05, 3.63) is 12.2 Å². The van der Waals surface area contributed by atoms with E-state index in [0.29, 0.717) is 6.92 Å². The first-order chi connectivity index (χ1) is 11.8. The fourth-order valence-corrected chi connectivity index (χ4v) is 1.29. The minimum Gasteiger partial charge on any atom is -0.411 e. The second-order valence-electron chi connectivity index (χ2n) is 5.06. The van der Waals surface area contributed by atoms with Gasteiger partial charge in [0.25, 0.3) is 0 Å². The van der Waals surface area contributed by atoms with Crippen molar-refractivity contribution in [3.8, 4) is 0 Å². The van der Waals surface area contributed by atoms with E-state index < -0.39 is 53.4 Å². The van der Waals surface area contributed by atoms with Gasteiger partial charge in [-0.25, -0.2) is 4.79 Å². The first-order valence-corrected chi connectivity index (χ1v) is 6.05. The third kappa shape index (κ3) is 3.46. The Morgan fingerprint density at radius 3 is 1.18 bits per heavy atom. The lowest BCUT2D eigenvalue weighted by molar-refractivity contribution is -0.471. The van der Waals surface area contributed by atoms with Crippen molar-refractivity contribution in [2.75, 3.05) is 0 Å². The van der Waals surface area contributed by atoms with Crippen LogP contribution < -0.4 is 0 Å². The Balaban J connectivity index is 6.77. The van der Waals surface area contributed by atoms with E-state index in [0.717, 1.165) is 0 Å². The van der Waals surface area contributed by atoms with Crippen LogP contribution in [0.1, 0.15) is 6.92 Å². The molecule has 0 spiro atoms. The van der Waals surface area contributed by atoms with Crippen LogP contribution in [0.5, 0.6) is 0 Å². The zero-order valence-corrected chi connectivity index (χ0v) is 12.7. The maximum absolute atomic E-state index is 13.7. The molecule has 0 saturated heterocycles. The SMILES string of the molecule is C=C(C)C(=O)OC(F)(C(F)(F)F)C(F)(F)C(F)(F)C(F)(F)C(F)(F)C(F)(F)F. The fourth-order valence-electron chi connectivity index (χ4n) is 1.29. The largest absolute Gasteiger partial charge is 0.467 e. The summed E-state index contributed by atoms with van der Waals surface area (Å²) in [6.45, 7) is 2.76. The summed E-state index contributed by atoms with van der Waals surface area (Å²) in [5.41, 5.74) is -1.39. The molecule has 28 heavy (non-hydrogen) atoms. The first-order valence-electron chi connectivity index (χ1n) is 6.05. The Hall–Kier alpha value is -1.84. The van der Waals surface area contributed by atoms with E-state index in [-0.39, 0.29) is 0 Å². The van der Waals surface area contributed by atoms with Gasteiger partial charge in [0.15, 0.2) is 0 Å². The Kier molecular flexibility index (Phi) is 6.17. The van der Waals surface area contributed by atoms with Crippen molar-refractivity contribution in [1.29, 1.82) is 0 Å². The number of esters is 1. The second kappa shape index (κ2) is 6.60. The number of hydrogen-bond donors (Lipinski definition) is 0. The van der Waals surface area contributed by atoms with Crippen LogP contribution in [-0.4, -0.2) is 47.9 Å². The lowest BCUT2D eigenvalue weighted by atomic mass is 9.92. The zero-order chi connectivity index (χ0) is 23.4. The van der Waals surface area contributed by atoms with Crippen molar-refractivity contribution < 1.29 is 75.4 Å². The van der Waals surface area contributed by atoms with E-state index in [1.54, 1.807) is 0 Å². The van der Waals surface area contributed by atoms with Crippen LogP contribution in [0.25, 0.3) is 0 Å². The predicted octanol–water partition coefficient (Wildman–Crippen LogP) is 5.44. The molecular formula is C11H5F15O2. The second-order valence-corrected chi connectivity index (χ2v) is 5.06. The van der Waals surface area contributed by atoms with E-state index in [1.807, 2.05) is 0 Å². The summed E-state index contributed by atoms with van der Waals surface area (Å²) < 4.78 is 194. The number of halogens is 15. The summed E-state index contributed by atoms with van der Waals surface area (Å²) >= 11 is 0. The molecule has 166 valence electrons. The van der Waals surface area contributed by atoms with E-state index in [4.69, 9.17) is 0 Å². The van der Waals surface area contributed by atoms with Gasteiger partial charge in [-0.1, -0.05) is 6.58 Å². The molecule has 0 aliphatic carbocycles. The molecule has 0 saturated carbocycles. The molecule has 0 rings (SSSR count). The molecule has 1 unspecified atom stereocenters. The topological polar surface area (TPSA) is 26.3 Å². The van der Waals surface area contributed by atoms with Gasteiger partial charge in [0.05, 0.1) is 0 Å². The van der Waals surface area contributed by atoms with Crippen LogP contribution in [0.4, 0.5) is 65.9 Å². The van der Waals surface area contributed by atoms with Crippen LogP contribution in [0.3, 0.4) is 0 Å². The van der Waals surface area contributed by atoms with Gasteiger partial charge < -0.3 is 4.74 Å². The molecule has 0 bridgehead atoms. The summed E-state index contributed by atoms with van der Waals surface area (Å²) in [5, 5.41) is 0. The molecule has 0 aliphatic rings. The Morgan fingerprint density at radius 2 is 0.929 bits per heavy atom. The molecule has 0 aromatic carbocycles. The van der Waals surface area contributed by atoms with Crippen LogP contribution in [0, 0.1) is 0 Å². The van der Waals surface area contributed by atoms with E-state index in [1.165, 1.54) is 0 Å². The summed E-state index contributed by atoms with van der Waals surface area (Å²) in [7, 11) is 0. The van der Waals surface area contributed by atoms with Crippen molar-refractivity contribution in [2.45, 2.75) is 48.8 Å². The summed E-state index contributed by atoms with van der Waals surface area (Å²) in [4.78, 5) is 10.8. The van der Waals surface area contributed by atoms with E-state index >= 15 is 0 Å². The maximum Gasteiger partial charge on any atom is 0.467 e. The highest BCUT2D eigenvalue weighted by Gasteiger charge is 2.94. The Labute approximate surface area is 143 Å². The van der Waals surface area contributed by atoms with Gasteiger partial charge >= 0.3 is 47.9 Å². The quantitative estimate of drug-likeness (QED) is 0.304. The Bertz CT molecular complexity index is 629. The summed E-state index contributed by atoms with van der Waals surface area (Å²) in [6, 6.07) is 0. The minimum atomic E-state index is -8.39. The molecule has 0 heterocycles. The average Bonchev–Trinajstić information content (AvgIpc) is 2.43. The summed E-state index contributed by atoms with van der Waals surface area (Å²) in [6.07, 6.45) is -15.2. The zero-order valence-electron chi connectivity index (χ0n) is 12.7. The number of rotatable bonds is 6. The smallest absolute Gasteiger partial charge is 0.411 e. The molecule has 0 aromatic heterocycles. The lowest BCUT2D eigenvalue weighted by Gasteiger charge is -2.42. The molecule has 0 fully saturated rings. The average molecular weight is 454 g/mol. The summed E-state index contributed by atoms with van der Waals surface area (Å²) in [5.74, 6) is -43.3. The molecule has 0 N–H and O–H groups in total. The minimum absolute atomic E-state index is 0.335. The van der Waals surface area contributed by atoms with E-state index in [2.05, 4.69) is 11.3 Å². The monoisotopic (exact) mass is 454 g/mol. The lowest BCUT2D eigenvalue weighted by Crippen LogP contribution is -2.74. The molecule has 1 atom stereocenters. The highest BCUT2D eigenvalue weighted by molar-refractivity contribution is 5.87. The molecule has 0 radical (unpaired) electrons. The van der Waals surface area contributed by atoms with Crippen molar-refractivity contribution in [1.82, 2.24) is 0 Å². The number of alkyl halides is 15. The van der Waals surface area contributed by atoms with Gasteiger partial charge in [0.1, 0.15) is 0 Å². The molecular weight excluding hydrogens is 449 g/mol. The number of carbonyl (C=O) groups is 1. The number of carbonyl (C=O) groups excluding carboxylic acids is 1. The molecule has 0 amide bonds. The fraction of sp³-hybridized carbons (Fsp3) is 0.727. The first kappa shape index (κ1) is 26.2. The van der Waals surface area contributed by atoms with Crippen LogP contribution >= 0.6 is 0 Å². The highest BCUT2D eigenvalue weighted by atomic mass is 19.4. The number of ether oxygens (including phenoxy) is 1. The van der Waals surface area contributed by atoms with Gasteiger partial charge in [-0.2, -0.15) is 65.9 Å². The molecule has 17 heteroatoms. The standard InChI is InChI=1S/C11H5F15O2/c1-3(2)4(27)28-9(20,11(24,25)26)7(16,17)5(12,13)6(14,15)8(18,19)10(21,22)23/h1H2,2H3. The van der Waals surface area contributed by atoms with Crippen molar-refractivity contribution in [2.24, 2.45) is 0 Å². The van der Waals surface area contributed by atoms with Gasteiger partial charge in [-0.3, -0.25) is 0 Å². The van der Waals surface area contributed by atoms with Crippen LogP contribution in [0.2, 0.25) is 0 Å². The van der Waals surface area contributed by atoms with Gasteiger partial charge in [-0.05, 0) is 6.92 Å². The highest BCUT2D eigenvalue weighted by Crippen LogP contribution is 2.62. The molecule has 2 nitrogen and oxygen atoms in total.